The van der Waals surface area contributed by atoms with Gasteiger partial charge in [0.25, 0.3) is 0 Å². The average Bonchev–Trinajstić information content (AvgIpc) is 2.29. The van der Waals surface area contributed by atoms with Crippen molar-refractivity contribution in [3.8, 4) is 0 Å². The molecule has 0 aromatic carbocycles. The number of hydrogen-bond acceptors (Lipinski definition) is 3. The maximum absolute atomic E-state index is 5.78. The highest BCUT2D eigenvalue weighted by atomic mass is 16.5. The van der Waals surface area contributed by atoms with Gasteiger partial charge in [-0.3, -0.25) is 0 Å². The van der Waals surface area contributed by atoms with Gasteiger partial charge in [-0.1, -0.05) is 6.92 Å². The summed E-state index contributed by atoms with van der Waals surface area (Å²) >= 11 is 0. The van der Waals surface area contributed by atoms with Crippen LogP contribution in [-0.2, 0) is 9.47 Å². The van der Waals surface area contributed by atoms with Gasteiger partial charge in [0.05, 0.1) is 25.4 Å². The Labute approximate surface area is 73.4 Å². The molecule has 3 heteroatoms. The lowest BCUT2D eigenvalue weighted by atomic mass is 10.1. The third kappa shape index (κ3) is 1.79. The molecule has 3 nitrogen and oxygen atoms in total. The second kappa shape index (κ2) is 3.73. The van der Waals surface area contributed by atoms with Gasteiger partial charge in [-0.2, -0.15) is 0 Å². The van der Waals surface area contributed by atoms with Gasteiger partial charge in [0.2, 0.25) is 0 Å². The summed E-state index contributed by atoms with van der Waals surface area (Å²) in [5.41, 5.74) is 0. The molecule has 3 atom stereocenters. The summed E-state index contributed by atoms with van der Waals surface area (Å²) in [5, 5.41) is 3.48. The van der Waals surface area contributed by atoms with Gasteiger partial charge in [0.1, 0.15) is 0 Å². The minimum atomic E-state index is 0.392. The van der Waals surface area contributed by atoms with Crippen molar-refractivity contribution in [2.24, 2.45) is 5.92 Å². The molecule has 0 radical (unpaired) electrons. The number of nitrogens with one attached hydrogen (secondary N) is 1. The molecule has 0 aromatic heterocycles. The summed E-state index contributed by atoms with van der Waals surface area (Å²) in [6.45, 7) is 5.85. The van der Waals surface area contributed by atoms with E-state index in [-0.39, 0.29) is 0 Å². The van der Waals surface area contributed by atoms with Gasteiger partial charge in [0, 0.05) is 13.2 Å². The number of rotatable bonds is 0. The van der Waals surface area contributed by atoms with Gasteiger partial charge in [-0.15, -0.1) is 0 Å². The highest BCUT2D eigenvalue weighted by molar-refractivity contribution is 4.83. The zero-order chi connectivity index (χ0) is 8.39. The molecule has 1 N–H and O–H groups in total. The topological polar surface area (TPSA) is 30.5 Å². The van der Waals surface area contributed by atoms with Crippen molar-refractivity contribution in [1.82, 2.24) is 5.32 Å². The minimum absolute atomic E-state index is 0.392. The SMILES string of the molecule is CC1CNC2COCCC2OC1. The first-order valence-corrected chi connectivity index (χ1v) is 4.79. The molecule has 0 bridgehead atoms. The Hall–Kier alpha value is -0.120. The molecule has 0 amide bonds. The highest BCUT2D eigenvalue weighted by Crippen LogP contribution is 2.16. The molecule has 2 heterocycles. The van der Waals surface area contributed by atoms with Crippen molar-refractivity contribution in [3.05, 3.63) is 0 Å². The first-order valence-electron chi connectivity index (χ1n) is 4.79. The molecule has 2 saturated heterocycles. The van der Waals surface area contributed by atoms with E-state index >= 15 is 0 Å². The maximum atomic E-state index is 5.78. The Morgan fingerprint density at radius 2 is 2.25 bits per heavy atom. The fraction of sp³-hybridized carbons (Fsp3) is 1.00. The fourth-order valence-electron chi connectivity index (χ4n) is 1.81. The van der Waals surface area contributed by atoms with E-state index in [4.69, 9.17) is 9.47 Å². The number of fused-ring (bicyclic) bond motifs is 1. The summed E-state index contributed by atoms with van der Waals surface area (Å²) in [6, 6.07) is 0.434. The van der Waals surface area contributed by atoms with Gasteiger partial charge < -0.3 is 14.8 Å². The summed E-state index contributed by atoms with van der Waals surface area (Å²) in [7, 11) is 0. The van der Waals surface area contributed by atoms with Crippen LogP contribution in [0.1, 0.15) is 13.3 Å². The Balaban J connectivity index is 1.94. The van der Waals surface area contributed by atoms with Crippen LogP contribution in [0.4, 0.5) is 0 Å². The van der Waals surface area contributed by atoms with Gasteiger partial charge >= 0.3 is 0 Å². The summed E-state index contributed by atoms with van der Waals surface area (Å²) in [4.78, 5) is 0. The van der Waals surface area contributed by atoms with Crippen molar-refractivity contribution in [1.29, 1.82) is 0 Å². The lowest BCUT2D eigenvalue weighted by Crippen LogP contribution is -2.46. The Bertz CT molecular complexity index is 135. The van der Waals surface area contributed by atoms with E-state index in [1.54, 1.807) is 0 Å². The molecule has 2 aliphatic heterocycles. The van der Waals surface area contributed by atoms with Crippen molar-refractivity contribution in [2.75, 3.05) is 26.4 Å². The number of hydrogen-bond donors (Lipinski definition) is 1. The molecular formula is C9H17NO2. The Morgan fingerprint density at radius 3 is 3.17 bits per heavy atom. The normalized spacial score (nSPS) is 43.2. The predicted octanol–water partition coefficient (Wildman–Crippen LogP) is 0.400. The average molecular weight is 171 g/mol. The van der Waals surface area contributed by atoms with E-state index in [0.29, 0.717) is 18.1 Å². The molecule has 3 unspecified atom stereocenters. The largest absolute Gasteiger partial charge is 0.380 e. The van der Waals surface area contributed by atoms with Crippen LogP contribution in [0.2, 0.25) is 0 Å². The van der Waals surface area contributed by atoms with Crippen LogP contribution in [0.25, 0.3) is 0 Å². The molecule has 0 aliphatic carbocycles. The lowest BCUT2D eigenvalue weighted by Gasteiger charge is -2.29. The minimum Gasteiger partial charge on any atom is -0.380 e. The van der Waals surface area contributed by atoms with Crippen molar-refractivity contribution in [3.63, 3.8) is 0 Å². The van der Waals surface area contributed by atoms with Gasteiger partial charge in [-0.05, 0) is 12.3 Å². The quantitative estimate of drug-likeness (QED) is 0.572. The molecule has 0 aromatic rings. The van der Waals surface area contributed by atoms with E-state index in [0.717, 1.165) is 32.8 Å². The Morgan fingerprint density at radius 1 is 1.33 bits per heavy atom. The highest BCUT2D eigenvalue weighted by Gasteiger charge is 2.29. The summed E-state index contributed by atoms with van der Waals surface area (Å²) in [6.07, 6.45) is 1.44. The van der Waals surface area contributed by atoms with Crippen LogP contribution >= 0.6 is 0 Å². The third-order valence-electron chi connectivity index (χ3n) is 2.62. The zero-order valence-corrected chi connectivity index (χ0v) is 7.58. The molecule has 0 saturated carbocycles. The van der Waals surface area contributed by atoms with Crippen LogP contribution in [0.3, 0.4) is 0 Å². The second-order valence-corrected chi connectivity index (χ2v) is 3.86. The smallest absolute Gasteiger partial charge is 0.0772 e. The van der Waals surface area contributed by atoms with E-state index < -0.39 is 0 Å². The summed E-state index contributed by atoms with van der Waals surface area (Å²) in [5.74, 6) is 0.635. The first-order chi connectivity index (χ1) is 5.86. The van der Waals surface area contributed by atoms with Crippen LogP contribution < -0.4 is 5.32 Å². The Kier molecular flexibility index (Phi) is 2.63. The molecule has 12 heavy (non-hydrogen) atoms. The van der Waals surface area contributed by atoms with Crippen LogP contribution in [-0.4, -0.2) is 38.5 Å². The number of ether oxygens (including phenoxy) is 2. The predicted molar refractivity (Wildman–Crippen MR) is 46.1 cm³/mol. The standard InChI is InChI=1S/C9H17NO2/c1-7-4-10-8-6-11-3-2-9(8)12-5-7/h7-10H,2-6H2,1H3. The van der Waals surface area contributed by atoms with Crippen LogP contribution in [0.5, 0.6) is 0 Å². The molecule has 2 rings (SSSR count). The zero-order valence-electron chi connectivity index (χ0n) is 7.58. The maximum Gasteiger partial charge on any atom is 0.0772 e. The van der Waals surface area contributed by atoms with E-state index in [1.807, 2.05) is 0 Å². The van der Waals surface area contributed by atoms with Crippen molar-refractivity contribution in [2.45, 2.75) is 25.5 Å². The van der Waals surface area contributed by atoms with Gasteiger partial charge in [0.15, 0.2) is 0 Å². The fourth-order valence-corrected chi connectivity index (χ4v) is 1.81. The second-order valence-electron chi connectivity index (χ2n) is 3.86. The van der Waals surface area contributed by atoms with Crippen molar-refractivity contribution >= 4 is 0 Å². The first kappa shape index (κ1) is 8.48. The van der Waals surface area contributed by atoms with Crippen LogP contribution in [0.15, 0.2) is 0 Å². The lowest BCUT2D eigenvalue weighted by molar-refractivity contribution is -0.0480. The third-order valence-corrected chi connectivity index (χ3v) is 2.62. The van der Waals surface area contributed by atoms with Crippen molar-refractivity contribution < 1.29 is 9.47 Å². The molecular weight excluding hydrogens is 154 g/mol. The summed E-state index contributed by atoms with van der Waals surface area (Å²) < 4.78 is 11.2. The van der Waals surface area contributed by atoms with E-state index in [9.17, 15) is 0 Å². The molecule has 70 valence electrons. The van der Waals surface area contributed by atoms with Gasteiger partial charge in [-0.25, -0.2) is 0 Å². The van der Waals surface area contributed by atoms with E-state index in [2.05, 4.69) is 12.2 Å². The van der Waals surface area contributed by atoms with Crippen LogP contribution in [0, 0.1) is 5.92 Å². The van der Waals surface area contributed by atoms with E-state index in [1.165, 1.54) is 0 Å². The molecule has 2 aliphatic rings. The molecule has 0 spiro atoms. The monoisotopic (exact) mass is 171 g/mol. The molecule has 2 fully saturated rings.